The SMILES string of the molecule is CCc1cccnc1CNS(=O)(=O)c1ccsc1CNC. The molecule has 0 bridgehead atoms. The first kappa shape index (κ1) is 16.1. The highest BCUT2D eigenvalue weighted by atomic mass is 32.2. The fourth-order valence-electron chi connectivity index (χ4n) is 2.05. The van der Waals surface area contributed by atoms with E-state index in [9.17, 15) is 8.42 Å². The lowest BCUT2D eigenvalue weighted by Crippen LogP contribution is -2.25. The van der Waals surface area contributed by atoms with Gasteiger partial charge in [-0.1, -0.05) is 13.0 Å². The molecule has 21 heavy (non-hydrogen) atoms. The summed E-state index contributed by atoms with van der Waals surface area (Å²) in [6, 6.07) is 5.47. The minimum Gasteiger partial charge on any atom is -0.315 e. The van der Waals surface area contributed by atoms with Crippen molar-refractivity contribution in [2.75, 3.05) is 7.05 Å². The van der Waals surface area contributed by atoms with Gasteiger partial charge >= 0.3 is 0 Å². The van der Waals surface area contributed by atoms with E-state index in [1.165, 1.54) is 11.3 Å². The van der Waals surface area contributed by atoms with Crippen LogP contribution in [0.1, 0.15) is 23.1 Å². The Morgan fingerprint density at radius 3 is 2.81 bits per heavy atom. The van der Waals surface area contributed by atoms with Crippen LogP contribution in [0, 0.1) is 0 Å². The van der Waals surface area contributed by atoms with Crippen LogP contribution in [0.25, 0.3) is 0 Å². The fourth-order valence-corrected chi connectivity index (χ4v) is 4.49. The van der Waals surface area contributed by atoms with Crippen LogP contribution in [0.15, 0.2) is 34.7 Å². The molecule has 2 aromatic heterocycles. The number of aryl methyl sites for hydroxylation is 1. The summed E-state index contributed by atoms with van der Waals surface area (Å²) in [6.07, 6.45) is 2.51. The van der Waals surface area contributed by atoms with Gasteiger partial charge in [-0.15, -0.1) is 11.3 Å². The molecular formula is C14H19N3O2S2. The van der Waals surface area contributed by atoms with Gasteiger partial charge in [-0.3, -0.25) is 4.98 Å². The molecule has 0 unspecified atom stereocenters. The minimum atomic E-state index is -3.51. The van der Waals surface area contributed by atoms with Gasteiger partial charge in [0.1, 0.15) is 0 Å². The highest BCUT2D eigenvalue weighted by Crippen LogP contribution is 2.22. The van der Waals surface area contributed by atoms with Crippen molar-refractivity contribution in [3.8, 4) is 0 Å². The lowest BCUT2D eigenvalue weighted by molar-refractivity contribution is 0.579. The number of sulfonamides is 1. The quantitative estimate of drug-likeness (QED) is 0.816. The average molecular weight is 325 g/mol. The lowest BCUT2D eigenvalue weighted by Gasteiger charge is -2.09. The molecule has 7 heteroatoms. The number of nitrogens with zero attached hydrogens (tertiary/aromatic N) is 1. The van der Waals surface area contributed by atoms with Crippen molar-refractivity contribution in [2.45, 2.75) is 31.3 Å². The molecule has 2 rings (SSSR count). The first-order valence-electron chi connectivity index (χ1n) is 6.72. The second-order valence-electron chi connectivity index (χ2n) is 4.53. The fraction of sp³-hybridized carbons (Fsp3) is 0.357. The second-order valence-corrected chi connectivity index (χ2v) is 7.26. The summed E-state index contributed by atoms with van der Waals surface area (Å²) in [5.41, 5.74) is 1.83. The summed E-state index contributed by atoms with van der Waals surface area (Å²) in [5, 5.41) is 4.77. The van der Waals surface area contributed by atoms with Crippen LogP contribution >= 0.6 is 11.3 Å². The maximum absolute atomic E-state index is 12.4. The Bertz CT molecular complexity index is 696. The van der Waals surface area contributed by atoms with Crippen molar-refractivity contribution < 1.29 is 8.42 Å². The summed E-state index contributed by atoms with van der Waals surface area (Å²) in [7, 11) is -1.72. The van der Waals surface area contributed by atoms with E-state index in [0.717, 1.165) is 22.6 Å². The van der Waals surface area contributed by atoms with Crippen LogP contribution in [0.5, 0.6) is 0 Å². The van der Waals surface area contributed by atoms with Gasteiger partial charge in [-0.05, 0) is 36.5 Å². The molecule has 0 aliphatic heterocycles. The van der Waals surface area contributed by atoms with E-state index in [4.69, 9.17) is 0 Å². The predicted molar refractivity (Wildman–Crippen MR) is 84.7 cm³/mol. The minimum absolute atomic E-state index is 0.210. The zero-order valence-electron chi connectivity index (χ0n) is 12.1. The van der Waals surface area contributed by atoms with E-state index in [-0.39, 0.29) is 6.54 Å². The highest BCUT2D eigenvalue weighted by molar-refractivity contribution is 7.89. The molecule has 0 aromatic carbocycles. The Kier molecular flexibility index (Phi) is 5.46. The van der Waals surface area contributed by atoms with E-state index in [2.05, 4.69) is 15.0 Å². The number of pyridine rings is 1. The van der Waals surface area contributed by atoms with E-state index < -0.39 is 10.0 Å². The molecule has 5 nitrogen and oxygen atoms in total. The van der Waals surface area contributed by atoms with E-state index in [1.807, 2.05) is 19.1 Å². The maximum atomic E-state index is 12.4. The Morgan fingerprint density at radius 1 is 1.29 bits per heavy atom. The Balaban J connectivity index is 2.16. The van der Waals surface area contributed by atoms with Crippen LogP contribution in [0.2, 0.25) is 0 Å². The van der Waals surface area contributed by atoms with Gasteiger partial charge in [0.15, 0.2) is 0 Å². The van der Waals surface area contributed by atoms with Crippen molar-refractivity contribution in [1.82, 2.24) is 15.0 Å². The van der Waals surface area contributed by atoms with Crippen LogP contribution < -0.4 is 10.0 Å². The third-order valence-corrected chi connectivity index (χ3v) is 5.66. The van der Waals surface area contributed by atoms with Gasteiger partial charge in [0.2, 0.25) is 10.0 Å². The molecule has 0 aliphatic carbocycles. The molecular weight excluding hydrogens is 306 g/mol. The Morgan fingerprint density at radius 2 is 2.10 bits per heavy atom. The third kappa shape index (κ3) is 3.88. The predicted octanol–water partition coefficient (Wildman–Crippen LogP) is 1.90. The van der Waals surface area contributed by atoms with Crippen LogP contribution in [0.4, 0.5) is 0 Å². The summed E-state index contributed by atoms with van der Waals surface area (Å²) < 4.78 is 27.4. The van der Waals surface area contributed by atoms with Crippen molar-refractivity contribution in [3.63, 3.8) is 0 Å². The topological polar surface area (TPSA) is 71.1 Å². The molecule has 0 spiro atoms. The number of hydrogen-bond donors (Lipinski definition) is 2. The smallest absolute Gasteiger partial charge is 0.242 e. The van der Waals surface area contributed by atoms with Gasteiger partial charge in [0, 0.05) is 17.6 Å². The number of nitrogens with one attached hydrogen (secondary N) is 2. The largest absolute Gasteiger partial charge is 0.315 e. The zero-order valence-corrected chi connectivity index (χ0v) is 13.7. The standard InChI is InChI=1S/C14H19N3O2S2/c1-3-11-5-4-7-16-12(11)9-17-21(18,19)14-6-8-20-13(14)10-15-2/h4-8,15,17H,3,9-10H2,1-2H3. The van der Waals surface area contributed by atoms with Gasteiger partial charge in [0.05, 0.1) is 17.1 Å². The van der Waals surface area contributed by atoms with E-state index in [1.54, 1.807) is 24.7 Å². The summed E-state index contributed by atoms with van der Waals surface area (Å²) in [5.74, 6) is 0. The first-order valence-corrected chi connectivity index (χ1v) is 9.08. The Hall–Kier alpha value is -1.28. The lowest BCUT2D eigenvalue weighted by atomic mass is 10.1. The molecule has 0 aliphatic rings. The van der Waals surface area contributed by atoms with Crippen LogP contribution in [-0.4, -0.2) is 20.4 Å². The first-order chi connectivity index (χ1) is 10.1. The van der Waals surface area contributed by atoms with Gasteiger partial charge in [-0.25, -0.2) is 13.1 Å². The molecule has 0 atom stereocenters. The molecule has 2 heterocycles. The normalized spacial score (nSPS) is 11.7. The molecule has 114 valence electrons. The molecule has 0 fully saturated rings. The maximum Gasteiger partial charge on any atom is 0.242 e. The molecule has 0 amide bonds. The molecule has 2 aromatic rings. The summed E-state index contributed by atoms with van der Waals surface area (Å²) in [4.78, 5) is 5.41. The number of aromatic nitrogens is 1. The molecule has 0 radical (unpaired) electrons. The monoisotopic (exact) mass is 325 g/mol. The number of hydrogen-bond acceptors (Lipinski definition) is 5. The van der Waals surface area contributed by atoms with Gasteiger partial charge in [0.25, 0.3) is 0 Å². The molecule has 0 saturated carbocycles. The van der Waals surface area contributed by atoms with Crippen LogP contribution in [-0.2, 0) is 29.5 Å². The average Bonchev–Trinajstić information content (AvgIpc) is 2.95. The van der Waals surface area contributed by atoms with E-state index >= 15 is 0 Å². The van der Waals surface area contributed by atoms with Crippen molar-refractivity contribution >= 4 is 21.4 Å². The van der Waals surface area contributed by atoms with Crippen LogP contribution in [0.3, 0.4) is 0 Å². The molecule has 0 saturated heterocycles. The van der Waals surface area contributed by atoms with E-state index in [0.29, 0.717) is 11.4 Å². The van der Waals surface area contributed by atoms with Crippen molar-refractivity contribution in [1.29, 1.82) is 0 Å². The third-order valence-electron chi connectivity index (χ3n) is 3.13. The second kappa shape index (κ2) is 7.13. The summed E-state index contributed by atoms with van der Waals surface area (Å²) in [6.45, 7) is 2.78. The molecule has 2 N–H and O–H groups in total. The van der Waals surface area contributed by atoms with Gasteiger partial charge in [-0.2, -0.15) is 0 Å². The van der Waals surface area contributed by atoms with Gasteiger partial charge < -0.3 is 5.32 Å². The van der Waals surface area contributed by atoms with Crippen molar-refractivity contribution in [3.05, 3.63) is 45.9 Å². The zero-order chi connectivity index (χ0) is 15.3. The highest BCUT2D eigenvalue weighted by Gasteiger charge is 2.19. The Labute approximate surface area is 129 Å². The van der Waals surface area contributed by atoms with Crippen molar-refractivity contribution in [2.24, 2.45) is 0 Å². The summed E-state index contributed by atoms with van der Waals surface area (Å²) >= 11 is 1.43. The number of rotatable bonds is 7. The number of thiophene rings is 1.